The maximum absolute atomic E-state index is 9.92. The van der Waals surface area contributed by atoms with Gasteiger partial charge in [0.05, 0.1) is 0 Å². The van der Waals surface area contributed by atoms with Gasteiger partial charge >= 0.3 is 11.9 Å². The highest BCUT2D eigenvalue weighted by atomic mass is 16.6. The summed E-state index contributed by atoms with van der Waals surface area (Å²) in [6, 6.07) is 0. The van der Waals surface area contributed by atoms with Crippen LogP contribution in [-0.4, -0.2) is 40.3 Å². The summed E-state index contributed by atoms with van der Waals surface area (Å²) in [6.45, 7) is 0.162. The van der Waals surface area contributed by atoms with Crippen molar-refractivity contribution in [2.45, 2.75) is 5.91 Å². The molecule has 0 aliphatic heterocycles. The zero-order chi connectivity index (χ0) is 8.20. The molecule has 0 aliphatic carbocycles. The van der Waals surface area contributed by atoms with E-state index >= 15 is 0 Å². The highest BCUT2D eigenvalue weighted by molar-refractivity contribution is 5.74. The van der Waals surface area contributed by atoms with Crippen LogP contribution in [0, 0.1) is 0 Å². The van der Waals surface area contributed by atoms with Crippen molar-refractivity contribution in [3.63, 3.8) is 0 Å². The number of carbonyl (C=O) groups is 1. The van der Waals surface area contributed by atoms with Crippen molar-refractivity contribution in [1.29, 1.82) is 0 Å². The number of hydrogen-bond acceptors (Lipinski definition) is 5. The van der Waals surface area contributed by atoms with E-state index in [-0.39, 0.29) is 13.1 Å². The summed E-state index contributed by atoms with van der Waals surface area (Å²) in [7, 11) is 0. The minimum atomic E-state index is -2.86. The third kappa shape index (κ3) is 2.74. The van der Waals surface area contributed by atoms with E-state index in [1.54, 1.807) is 0 Å². The van der Waals surface area contributed by atoms with Crippen LogP contribution in [0.2, 0.25) is 0 Å². The standard InChI is InChI=1S/C4H10N2O4/c5-1-2-6-4(9,10)3(7)8/h6,9-10H,1-2,5H2,(H,7,8). The maximum Gasteiger partial charge on any atom is 0.381 e. The predicted octanol–water partition coefficient (Wildman–Crippen LogP) is -2.74. The fourth-order valence-corrected chi connectivity index (χ4v) is 0.322. The molecule has 60 valence electrons. The number of hydrogen-bond donors (Lipinski definition) is 5. The summed E-state index contributed by atoms with van der Waals surface area (Å²) in [5.74, 6) is -4.61. The van der Waals surface area contributed by atoms with Crippen molar-refractivity contribution in [1.82, 2.24) is 5.32 Å². The second-order valence-electron chi connectivity index (χ2n) is 1.69. The van der Waals surface area contributed by atoms with Gasteiger partial charge in [-0.05, 0) is 0 Å². The average Bonchev–Trinajstić information content (AvgIpc) is 1.84. The van der Waals surface area contributed by atoms with Gasteiger partial charge in [-0.2, -0.15) is 0 Å². The van der Waals surface area contributed by atoms with Gasteiger partial charge in [0.1, 0.15) is 0 Å². The van der Waals surface area contributed by atoms with Gasteiger partial charge in [-0.25, -0.2) is 4.79 Å². The number of carboxylic acids is 1. The molecule has 0 bridgehead atoms. The quantitative estimate of drug-likeness (QED) is 0.278. The first-order valence-corrected chi connectivity index (χ1v) is 2.64. The predicted molar refractivity (Wildman–Crippen MR) is 31.9 cm³/mol. The van der Waals surface area contributed by atoms with E-state index < -0.39 is 11.9 Å². The molecule has 0 atom stereocenters. The molecule has 0 aromatic rings. The summed E-state index contributed by atoms with van der Waals surface area (Å²) in [5, 5.41) is 27.0. The minimum Gasteiger partial charge on any atom is -0.476 e. The molecule has 0 rings (SSSR count). The number of rotatable bonds is 4. The Morgan fingerprint density at radius 2 is 2.10 bits per heavy atom. The lowest BCUT2D eigenvalue weighted by atomic mass is 10.4. The molecule has 0 amide bonds. The van der Waals surface area contributed by atoms with Crippen molar-refractivity contribution in [2.75, 3.05) is 13.1 Å². The fourth-order valence-electron chi connectivity index (χ4n) is 0.322. The molecule has 0 heterocycles. The first-order valence-electron chi connectivity index (χ1n) is 2.64. The van der Waals surface area contributed by atoms with E-state index in [0.717, 1.165) is 0 Å². The monoisotopic (exact) mass is 150 g/mol. The molecule has 10 heavy (non-hydrogen) atoms. The number of aliphatic carboxylic acids is 1. The topological polar surface area (TPSA) is 116 Å². The van der Waals surface area contributed by atoms with E-state index in [9.17, 15) is 4.79 Å². The van der Waals surface area contributed by atoms with Crippen LogP contribution in [0.25, 0.3) is 0 Å². The Morgan fingerprint density at radius 3 is 2.40 bits per heavy atom. The molecule has 0 saturated carbocycles. The molecule has 6 nitrogen and oxygen atoms in total. The number of nitrogens with one attached hydrogen (secondary N) is 1. The third-order valence-electron chi connectivity index (χ3n) is 0.814. The van der Waals surface area contributed by atoms with E-state index in [1.807, 2.05) is 5.32 Å². The number of aliphatic hydroxyl groups is 2. The van der Waals surface area contributed by atoms with Crippen LogP contribution >= 0.6 is 0 Å². The molecular weight excluding hydrogens is 140 g/mol. The first kappa shape index (κ1) is 9.31. The van der Waals surface area contributed by atoms with Crippen LogP contribution < -0.4 is 11.1 Å². The molecule has 6 heteroatoms. The van der Waals surface area contributed by atoms with E-state index in [0.29, 0.717) is 0 Å². The van der Waals surface area contributed by atoms with Gasteiger partial charge in [-0.15, -0.1) is 0 Å². The maximum atomic E-state index is 9.92. The molecule has 0 aliphatic rings. The third-order valence-corrected chi connectivity index (χ3v) is 0.814. The van der Waals surface area contributed by atoms with E-state index in [2.05, 4.69) is 0 Å². The first-order chi connectivity index (χ1) is 4.50. The zero-order valence-electron chi connectivity index (χ0n) is 5.24. The molecule has 0 radical (unpaired) electrons. The lowest BCUT2D eigenvalue weighted by Gasteiger charge is -2.16. The molecular formula is C4H10N2O4. The summed E-state index contributed by atoms with van der Waals surface area (Å²) in [6.07, 6.45) is 0. The van der Waals surface area contributed by atoms with Gasteiger partial charge in [-0.3, -0.25) is 5.32 Å². The van der Waals surface area contributed by atoms with Gasteiger partial charge in [0.25, 0.3) is 0 Å². The molecule has 0 aromatic heterocycles. The Hall–Kier alpha value is -0.690. The van der Waals surface area contributed by atoms with Crippen LogP contribution in [0.5, 0.6) is 0 Å². The Balaban J connectivity index is 3.75. The van der Waals surface area contributed by atoms with Crippen molar-refractivity contribution < 1.29 is 20.1 Å². The summed E-state index contributed by atoms with van der Waals surface area (Å²) < 4.78 is 0. The van der Waals surface area contributed by atoms with Crippen molar-refractivity contribution in [3.8, 4) is 0 Å². The molecule has 6 N–H and O–H groups in total. The van der Waals surface area contributed by atoms with Gasteiger partial charge < -0.3 is 21.1 Å². The van der Waals surface area contributed by atoms with Gasteiger partial charge in [0.15, 0.2) is 0 Å². The van der Waals surface area contributed by atoms with Gasteiger partial charge in [0, 0.05) is 13.1 Å². The zero-order valence-corrected chi connectivity index (χ0v) is 5.24. The van der Waals surface area contributed by atoms with Crippen LogP contribution in [0.15, 0.2) is 0 Å². The van der Waals surface area contributed by atoms with Crippen LogP contribution in [-0.2, 0) is 4.79 Å². The lowest BCUT2D eigenvalue weighted by Crippen LogP contribution is -2.53. The fraction of sp³-hybridized carbons (Fsp3) is 0.750. The molecule has 0 spiro atoms. The van der Waals surface area contributed by atoms with E-state index in [4.69, 9.17) is 21.1 Å². The largest absolute Gasteiger partial charge is 0.476 e. The van der Waals surface area contributed by atoms with Crippen LogP contribution in [0.4, 0.5) is 0 Å². The molecule has 0 fully saturated rings. The SMILES string of the molecule is NCCNC(O)(O)C(=O)O. The van der Waals surface area contributed by atoms with Crippen LogP contribution in [0.1, 0.15) is 0 Å². The molecule has 0 saturated heterocycles. The van der Waals surface area contributed by atoms with Crippen molar-refractivity contribution in [2.24, 2.45) is 5.73 Å². The highest BCUT2D eigenvalue weighted by Gasteiger charge is 2.31. The smallest absolute Gasteiger partial charge is 0.381 e. The second-order valence-corrected chi connectivity index (χ2v) is 1.69. The van der Waals surface area contributed by atoms with Crippen molar-refractivity contribution >= 4 is 5.97 Å². The Labute approximate surface area is 57.3 Å². The Morgan fingerprint density at radius 1 is 1.60 bits per heavy atom. The second kappa shape index (κ2) is 3.47. The normalized spacial score (nSPS) is 11.5. The Kier molecular flexibility index (Phi) is 3.23. The summed E-state index contributed by atoms with van der Waals surface area (Å²) in [4.78, 5) is 9.92. The van der Waals surface area contributed by atoms with Gasteiger partial charge in [-0.1, -0.05) is 0 Å². The number of carboxylic acid groups (broad SMARTS) is 1. The van der Waals surface area contributed by atoms with E-state index in [1.165, 1.54) is 0 Å². The van der Waals surface area contributed by atoms with Gasteiger partial charge in [0.2, 0.25) is 0 Å². The molecule has 0 unspecified atom stereocenters. The summed E-state index contributed by atoms with van der Waals surface area (Å²) in [5.41, 5.74) is 4.96. The minimum absolute atomic E-state index is 0.0271. The Bertz CT molecular complexity index is 124. The number of nitrogens with two attached hydrogens (primary N) is 1. The van der Waals surface area contributed by atoms with Crippen LogP contribution in [0.3, 0.4) is 0 Å². The lowest BCUT2D eigenvalue weighted by molar-refractivity contribution is -0.214. The average molecular weight is 150 g/mol. The summed E-state index contributed by atoms with van der Waals surface area (Å²) >= 11 is 0. The highest BCUT2D eigenvalue weighted by Crippen LogP contribution is 1.90. The molecule has 0 aromatic carbocycles. The van der Waals surface area contributed by atoms with Crippen molar-refractivity contribution in [3.05, 3.63) is 0 Å².